The summed E-state index contributed by atoms with van der Waals surface area (Å²) in [6.07, 6.45) is 0. The van der Waals surface area contributed by atoms with E-state index >= 15 is 0 Å². The topological polar surface area (TPSA) is 99.0 Å². The van der Waals surface area contributed by atoms with E-state index in [4.69, 9.17) is 0 Å². The average molecular weight is 380 g/mol. The van der Waals surface area contributed by atoms with Crippen molar-refractivity contribution in [1.82, 2.24) is 4.83 Å². The van der Waals surface area contributed by atoms with Crippen LogP contribution in [0, 0.1) is 6.92 Å². The van der Waals surface area contributed by atoms with Gasteiger partial charge >= 0.3 is 0 Å². The molecule has 6 nitrogen and oxygen atoms in total. The number of hydrazone groups is 1. The van der Waals surface area contributed by atoms with Gasteiger partial charge in [0.2, 0.25) is 0 Å². The minimum absolute atomic E-state index is 0.0415. The van der Waals surface area contributed by atoms with Gasteiger partial charge in [0.25, 0.3) is 10.0 Å². The number of rotatable bonds is 3. The number of nitrogens with zero attached hydrogens (tertiary/aromatic N) is 1. The van der Waals surface area contributed by atoms with E-state index in [1.807, 2.05) is 6.92 Å². The zero-order valence-electron chi connectivity index (χ0n) is 14.3. The lowest BCUT2D eigenvalue weighted by atomic mass is 10.1. The van der Waals surface area contributed by atoms with Crippen molar-refractivity contribution in [2.45, 2.75) is 11.8 Å². The SMILES string of the molecule is Cc1ccc(S(=O)(=O)NN=C2c3cc(O)ccc3-c3ccc(O)cc32)cc1. The molecule has 136 valence electrons. The Kier molecular flexibility index (Phi) is 3.89. The maximum Gasteiger partial charge on any atom is 0.276 e. The van der Waals surface area contributed by atoms with Gasteiger partial charge in [-0.1, -0.05) is 29.8 Å². The largest absolute Gasteiger partial charge is 0.508 e. The summed E-state index contributed by atoms with van der Waals surface area (Å²) in [7, 11) is -3.85. The van der Waals surface area contributed by atoms with Crippen molar-refractivity contribution >= 4 is 15.7 Å². The summed E-state index contributed by atoms with van der Waals surface area (Å²) in [5, 5.41) is 23.8. The van der Waals surface area contributed by atoms with Crippen LogP contribution in [0.25, 0.3) is 11.1 Å². The van der Waals surface area contributed by atoms with Gasteiger partial charge in [-0.25, -0.2) is 0 Å². The number of fused-ring (bicyclic) bond motifs is 3. The fourth-order valence-corrected chi connectivity index (χ4v) is 3.88. The van der Waals surface area contributed by atoms with Crippen LogP contribution in [0.5, 0.6) is 11.5 Å². The molecule has 3 N–H and O–H groups in total. The highest BCUT2D eigenvalue weighted by Gasteiger charge is 2.26. The number of nitrogens with one attached hydrogen (secondary N) is 1. The predicted octanol–water partition coefficient (Wildman–Crippen LogP) is 3.12. The molecule has 0 unspecified atom stereocenters. The molecule has 0 saturated carbocycles. The second-order valence-corrected chi connectivity index (χ2v) is 7.99. The summed E-state index contributed by atoms with van der Waals surface area (Å²) >= 11 is 0. The van der Waals surface area contributed by atoms with Gasteiger partial charge in [-0.2, -0.15) is 18.4 Å². The minimum Gasteiger partial charge on any atom is -0.508 e. The molecule has 1 aliphatic carbocycles. The Morgan fingerprint density at radius 2 is 1.30 bits per heavy atom. The molecule has 0 atom stereocenters. The number of benzene rings is 3. The first-order valence-corrected chi connectivity index (χ1v) is 9.67. The number of hydrogen-bond donors (Lipinski definition) is 3. The van der Waals surface area contributed by atoms with Crippen molar-refractivity contribution in [2.24, 2.45) is 5.10 Å². The van der Waals surface area contributed by atoms with E-state index in [1.165, 1.54) is 24.3 Å². The molecule has 0 aliphatic heterocycles. The number of aromatic hydroxyl groups is 2. The fourth-order valence-electron chi connectivity index (χ4n) is 3.07. The molecule has 0 heterocycles. The maximum atomic E-state index is 12.5. The first kappa shape index (κ1) is 17.1. The highest BCUT2D eigenvalue weighted by molar-refractivity contribution is 7.89. The van der Waals surface area contributed by atoms with Gasteiger partial charge in [-0.3, -0.25) is 0 Å². The Labute approximate surface area is 156 Å². The van der Waals surface area contributed by atoms with Crippen molar-refractivity contribution < 1.29 is 18.6 Å². The normalized spacial score (nSPS) is 12.4. The zero-order chi connectivity index (χ0) is 19.2. The molecule has 1 aliphatic rings. The van der Waals surface area contributed by atoms with Gasteiger partial charge < -0.3 is 10.2 Å². The van der Waals surface area contributed by atoms with Crippen LogP contribution in [0.15, 0.2) is 70.7 Å². The monoisotopic (exact) mass is 380 g/mol. The molecule has 0 saturated heterocycles. The maximum absolute atomic E-state index is 12.5. The first-order valence-electron chi connectivity index (χ1n) is 8.18. The second-order valence-electron chi connectivity index (χ2n) is 6.33. The third-order valence-corrected chi connectivity index (χ3v) is 5.64. The number of sulfonamides is 1. The second kappa shape index (κ2) is 6.14. The fraction of sp³-hybridized carbons (Fsp3) is 0.0500. The molecule has 0 aromatic heterocycles. The van der Waals surface area contributed by atoms with Crippen LogP contribution < -0.4 is 4.83 Å². The predicted molar refractivity (Wildman–Crippen MR) is 102 cm³/mol. The summed E-state index contributed by atoms with van der Waals surface area (Å²) in [4.78, 5) is 2.35. The van der Waals surface area contributed by atoms with Gasteiger partial charge in [0.05, 0.1) is 4.90 Å². The van der Waals surface area contributed by atoms with E-state index in [9.17, 15) is 18.6 Å². The molecule has 0 amide bonds. The van der Waals surface area contributed by atoms with Gasteiger partial charge in [0.15, 0.2) is 0 Å². The molecule has 3 aromatic carbocycles. The van der Waals surface area contributed by atoms with Crippen molar-refractivity contribution in [3.05, 3.63) is 77.4 Å². The van der Waals surface area contributed by atoms with Crippen LogP contribution in [0.4, 0.5) is 0 Å². The smallest absolute Gasteiger partial charge is 0.276 e. The molecule has 3 aromatic rings. The average Bonchev–Trinajstić information content (AvgIpc) is 2.92. The number of hydrogen-bond acceptors (Lipinski definition) is 5. The van der Waals surface area contributed by atoms with Crippen LogP contribution in [-0.2, 0) is 10.0 Å². The van der Waals surface area contributed by atoms with Crippen LogP contribution in [0.3, 0.4) is 0 Å². The third-order valence-electron chi connectivity index (χ3n) is 4.42. The molecule has 0 spiro atoms. The Hall–Kier alpha value is -3.32. The van der Waals surface area contributed by atoms with E-state index in [1.54, 1.807) is 36.4 Å². The number of aryl methyl sites for hydroxylation is 1. The van der Waals surface area contributed by atoms with Crippen LogP contribution in [-0.4, -0.2) is 24.3 Å². The van der Waals surface area contributed by atoms with E-state index in [2.05, 4.69) is 9.93 Å². The summed E-state index contributed by atoms with van der Waals surface area (Å²) in [5.74, 6) is 0.0831. The lowest BCUT2D eigenvalue weighted by molar-refractivity contribution is 0.475. The molecule has 7 heteroatoms. The number of phenols is 2. The zero-order valence-corrected chi connectivity index (χ0v) is 15.2. The summed E-state index contributed by atoms with van der Waals surface area (Å²) in [6, 6.07) is 16.0. The van der Waals surface area contributed by atoms with Crippen LogP contribution >= 0.6 is 0 Å². The molecule has 0 radical (unpaired) electrons. The van der Waals surface area contributed by atoms with E-state index in [0.29, 0.717) is 16.8 Å². The molecular weight excluding hydrogens is 364 g/mol. The summed E-state index contributed by atoms with van der Waals surface area (Å²) in [5.41, 5.74) is 4.06. The van der Waals surface area contributed by atoms with Gasteiger partial charge in [0, 0.05) is 11.1 Å². The molecule has 4 rings (SSSR count). The van der Waals surface area contributed by atoms with E-state index < -0.39 is 10.0 Å². The van der Waals surface area contributed by atoms with Gasteiger partial charge in [-0.15, -0.1) is 0 Å². The Morgan fingerprint density at radius 3 is 1.81 bits per heavy atom. The van der Waals surface area contributed by atoms with Crippen molar-refractivity contribution in [2.75, 3.05) is 0 Å². The van der Waals surface area contributed by atoms with Crippen molar-refractivity contribution in [3.63, 3.8) is 0 Å². The Morgan fingerprint density at radius 1 is 0.778 bits per heavy atom. The molecule has 0 fully saturated rings. The molecular formula is C20H16N2O4S. The summed E-state index contributed by atoms with van der Waals surface area (Å²) < 4.78 is 25.1. The lowest BCUT2D eigenvalue weighted by Gasteiger charge is -2.07. The van der Waals surface area contributed by atoms with Gasteiger partial charge in [-0.05, 0) is 54.4 Å². The van der Waals surface area contributed by atoms with Crippen molar-refractivity contribution in [1.29, 1.82) is 0 Å². The highest BCUT2D eigenvalue weighted by atomic mass is 32.2. The first-order chi connectivity index (χ1) is 12.8. The molecule has 0 bridgehead atoms. The van der Waals surface area contributed by atoms with Crippen LogP contribution in [0.2, 0.25) is 0 Å². The van der Waals surface area contributed by atoms with E-state index in [-0.39, 0.29) is 16.4 Å². The minimum atomic E-state index is -3.85. The van der Waals surface area contributed by atoms with Gasteiger partial charge in [0.1, 0.15) is 17.2 Å². The summed E-state index contributed by atoms with van der Waals surface area (Å²) in [6.45, 7) is 1.87. The van der Waals surface area contributed by atoms with E-state index in [0.717, 1.165) is 16.7 Å². The standard InChI is InChI=1S/C20H16N2O4S/c1-12-2-6-15(7-3-12)27(25,26)22-21-20-18-10-13(23)4-8-16(18)17-9-5-14(24)11-19(17)20/h2-11,22-24H,1H3. The number of phenolic OH excluding ortho intramolecular Hbond substituents is 2. The Balaban J connectivity index is 1.80. The molecule has 27 heavy (non-hydrogen) atoms. The van der Waals surface area contributed by atoms with Crippen molar-refractivity contribution in [3.8, 4) is 22.6 Å². The third kappa shape index (κ3) is 3.02. The lowest BCUT2D eigenvalue weighted by Crippen LogP contribution is -2.20. The highest BCUT2D eigenvalue weighted by Crippen LogP contribution is 2.39. The quantitative estimate of drug-likeness (QED) is 0.476. The van der Waals surface area contributed by atoms with Crippen LogP contribution in [0.1, 0.15) is 16.7 Å². The Bertz CT molecular complexity index is 1130.